The minimum absolute atomic E-state index is 0.0893. The van der Waals surface area contributed by atoms with E-state index >= 15 is 0 Å². The molecule has 1 aromatic heterocycles. The Balaban J connectivity index is 1.88. The summed E-state index contributed by atoms with van der Waals surface area (Å²) < 4.78 is 5.14. The molecule has 2 amide bonds. The molecule has 24 heavy (non-hydrogen) atoms. The summed E-state index contributed by atoms with van der Waals surface area (Å²) in [6, 6.07) is 10.3. The standard InChI is InChI=1S/C17H19N3O4/c1-2-6-13(11-21)19-16(22)10-18-17(23)14-9-15(24-20-14)12-7-4-3-5-8-12/h2-5,7-9,13,21H,1,6,10-11H2,(H,18,23)(H,19,22)/t13-/m0/s1. The molecule has 0 aliphatic rings. The molecule has 0 unspecified atom stereocenters. The molecule has 0 aliphatic heterocycles. The van der Waals surface area contributed by atoms with Crippen LogP contribution in [-0.2, 0) is 4.79 Å². The van der Waals surface area contributed by atoms with Gasteiger partial charge in [0.05, 0.1) is 19.2 Å². The lowest BCUT2D eigenvalue weighted by Gasteiger charge is -2.14. The van der Waals surface area contributed by atoms with Crippen molar-refractivity contribution in [2.24, 2.45) is 0 Å². The second-order valence-corrected chi connectivity index (χ2v) is 5.10. The van der Waals surface area contributed by atoms with Crippen LogP contribution in [0.15, 0.2) is 53.6 Å². The molecule has 0 aliphatic carbocycles. The molecule has 0 spiro atoms. The van der Waals surface area contributed by atoms with Gasteiger partial charge in [-0.15, -0.1) is 6.58 Å². The van der Waals surface area contributed by atoms with E-state index in [0.717, 1.165) is 5.56 Å². The Morgan fingerprint density at radius 3 is 2.75 bits per heavy atom. The summed E-state index contributed by atoms with van der Waals surface area (Å²) in [4.78, 5) is 23.7. The fourth-order valence-corrected chi connectivity index (χ4v) is 2.03. The highest BCUT2D eigenvalue weighted by Gasteiger charge is 2.15. The zero-order valence-electron chi connectivity index (χ0n) is 13.1. The average Bonchev–Trinajstić information content (AvgIpc) is 3.10. The predicted octanol–water partition coefficient (Wildman–Crippen LogP) is 1.12. The van der Waals surface area contributed by atoms with Crippen LogP contribution >= 0.6 is 0 Å². The molecule has 1 atom stereocenters. The van der Waals surface area contributed by atoms with E-state index in [1.807, 2.05) is 30.3 Å². The molecule has 0 bridgehead atoms. The van der Waals surface area contributed by atoms with Crippen LogP contribution in [0, 0.1) is 0 Å². The normalized spacial score (nSPS) is 11.5. The van der Waals surface area contributed by atoms with Crippen LogP contribution in [0.1, 0.15) is 16.9 Å². The first-order valence-corrected chi connectivity index (χ1v) is 7.45. The zero-order chi connectivity index (χ0) is 17.4. The van der Waals surface area contributed by atoms with E-state index in [1.54, 1.807) is 6.08 Å². The molecule has 3 N–H and O–H groups in total. The molecular formula is C17H19N3O4. The molecular weight excluding hydrogens is 310 g/mol. The van der Waals surface area contributed by atoms with Crippen molar-refractivity contribution in [2.75, 3.05) is 13.2 Å². The summed E-state index contributed by atoms with van der Waals surface area (Å²) in [5.41, 5.74) is 0.892. The lowest BCUT2D eigenvalue weighted by Crippen LogP contribution is -2.43. The third-order valence-corrected chi connectivity index (χ3v) is 3.25. The van der Waals surface area contributed by atoms with E-state index in [2.05, 4.69) is 22.4 Å². The first-order valence-electron chi connectivity index (χ1n) is 7.45. The van der Waals surface area contributed by atoms with Crippen molar-refractivity contribution in [1.82, 2.24) is 15.8 Å². The number of nitrogens with zero attached hydrogens (tertiary/aromatic N) is 1. The molecule has 0 saturated heterocycles. The van der Waals surface area contributed by atoms with E-state index < -0.39 is 17.9 Å². The number of carbonyl (C=O) groups is 2. The van der Waals surface area contributed by atoms with Crippen molar-refractivity contribution in [3.63, 3.8) is 0 Å². The summed E-state index contributed by atoms with van der Waals surface area (Å²) in [5.74, 6) is -0.451. The molecule has 2 aromatic rings. The number of aromatic nitrogens is 1. The van der Waals surface area contributed by atoms with E-state index in [1.165, 1.54) is 6.07 Å². The highest BCUT2D eigenvalue weighted by atomic mass is 16.5. The molecule has 0 fully saturated rings. The third kappa shape index (κ3) is 4.79. The van der Waals surface area contributed by atoms with Gasteiger partial charge in [-0.25, -0.2) is 0 Å². The number of benzene rings is 1. The van der Waals surface area contributed by atoms with Gasteiger partial charge in [0.1, 0.15) is 0 Å². The topological polar surface area (TPSA) is 104 Å². The van der Waals surface area contributed by atoms with Crippen LogP contribution in [0.2, 0.25) is 0 Å². The van der Waals surface area contributed by atoms with E-state index in [-0.39, 0.29) is 18.8 Å². The number of aliphatic hydroxyl groups is 1. The maximum absolute atomic E-state index is 12.0. The molecule has 126 valence electrons. The minimum Gasteiger partial charge on any atom is -0.394 e. The Hall–Kier alpha value is -2.93. The highest BCUT2D eigenvalue weighted by molar-refractivity contribution is 5.95. The second-order valence-electron chi connectivity index (χ2n) is 5.10. The van der Waals surface area contributed by atoms with Crippen molar-refractivity contribution >= 4 is 11.8 Å². The van der Waals surface area contributed by atoms with Crippen molar-refractivity contribution in [3.05, 3.63) is 54.7 Å². The Labute approximate surface area is 139 Å². The Morgan fingerprint density at radius 1 is 1.33 bits per heavy atom. The summed E-state index contributed by atoms with van der Waals surface area (Å²) in [6.45, 7) is 3.12. The van der Waals surface area contributed by atoms with Crippen LogP contribution in [0.4, 0.5) is 0 Å². The number of hydrogen-bond acceptors (Lipinski definition) is 5. The summed E-state index contributed by atoms with van der Waals surface area (Å²) in [5, 5.41) is 17.8. The largest absolute Gasteiger partial charge is 0.394 e. The van der Waals surface area contributed by atoms with Gasteiger partial charge in [0.15, 0.2) is 11.5 Å². The molecule has 0 radical (unpaired) electrons. The fourth-order valence-electron chi connectivity index (χ4n) is 2.03. The number of hydrogen-bond donors (Lipinski definition) is 3. The van der Waals surface area contributed by atoms with Crippen LogP contribution in [0.25, 0.3) is 11.3 Å². The maximum atomic E-state index is 12.0. The summed E-state index contributed by atoms with van der Waals surface area (Å²) in [7, 11) is 0. The smallest absolute Gasteiger partial charge is 0.273 e. The Kier molecular flexibility index (Phi) is 6.27. The zero-order valence-corrected chi connectivity index (χ0v) is 13.1. The van der Waals surface area contributed by atoms with Crippen LogP contribution in [0.5, 0.6) is 0 Å². The van der Waals surface area contributed by atoms with E-state index in [9.17, 15) is 9.59 Å². The summed E-state index contributed by atoms with van der Waals surface area (Å²) in [6.07, 6.45) is 2.04. The second kappa shape index (κ2) is 8.64. The number of nitrogens with one attached hydrogen (secondary N) is 2. The third-order valence-electron chi connectivity index (χ3n) is 3.25. The fraction of sp³-hybridized carbons (Fsp3) is 0.235. The monoisotopic (exact) mass is 329 g/mol. The van der Waals surface area contributed by atoms with Gasteiger partial charge in [-0.05, 0) is 6.42 Å². The molecule has 7 nitrogen and oxygen atoms in total. The van der Waals surface area contributed by atoms with Crippen LogP contribution in [-0.4, -0.2) is 41.3 Å². The molecule has 0 saturated carbocycles. The van der Waals surface area contributed by atoms with Crippen LogP contribution < -0.4 is 10.6 Å². The van der Waals surface area contributed by atoms with E-state index in [0.29, 0.717) is 12.2 Å². The van der Waals surface area contributed by atoms with Gasteiger partial charge in [0.2, 0.25) is 5.91 Å². The van der Waals surface area contributed by atoms with Gasteiger partial charge in [0, 0.05) is 11.6 Å². The predicted molar refractivity (Wildman–Crippen MR) is 88.1 cm³/mol. The Morgan fingerprint density at radius 2 is 2.08 bits per heavy atom. The average molecular weight is 329 g/mol. The van der Waals surface area contributed by atoms with Crippen molar-refractivity contribution in [2.45, 2.75) is 12.5 Å². The van der Waals surface area contributed by atoms with Crippen molar-refractivity contribution in [3.8, 4) is 11.3 Å². The van der Waals surface area contributed by atoms with E-state index in [4.69, 9.17) is 9.63 Å². The number of aliphatic hydroxyl groups excluding tert-OH is 1. The van der Waals surface area contributed by atoms with Gasteiger partial charge in [-0.2, -0.15) is 0 Å². The first kappa shape index (κ1) is 17.4. The molecule has 1 aromatic carbocycles. The SMILES string of the molecule is C=CC[C@@H](CO)NC(=O)CNC(=O)c1cc(-c2ccccc2)on1. The van der Waals surface area contributed by atoms with Gasteiger partial charge >= 0.3 is 0 Å². The number of rotatable bonds is 8. The first-order chi connectivity index (χ1) is 11.6. The van der Waals surface area contributed by atoms with Gasteiger partial charge in [-0.1, -0.05) is 41.6 Å². The number of amides is 2. The van der Waals surface area contributed by atoms with Crippen LogP contribution in [0.3, 0.4) is 0 Å². The lowest BCUT2D eigenvalue weighted by molar-refractivity contribution is -0.121. The molecule has 7 heteroatoms. The quantitative estimate of drug-likeness (QED) is 0.630. The van der Waals surface area contributed by atoms with Gasteiger partial charge in [-0.3, -0.25) is 9.59 Å². The van der Waals surface area contributed by atoms with Crippen molar-refractivity contribution < 1.29 is 19.2 Å². The minimum atomic E-state index is -0.514. The summed E-state index contributed by atoms with van der Waals surface area (Å²) >= 11 is 0. The highest BCUT2D eigenvalue weighted by Crippen LogP contribution is 2.19. The maximum Gasteiger partial charge on any atom is 0.273 e. The van der Waals surface area contributed by atoms with Crippen molar-refractivity contribution in [1.29, 1.82) is 0 Å². The lowest BCUT2D eigenvalue weighted by atomic mass is 10.1. The molecule has 2 rings (SSSR count). The van der Waals surface area contributed by atoms with Gasteiger partial charge < -0.3 is 20.3 Å². The number of carbonyl (C=O) groups excluding carboxylic acids is 2. The van der Waals surface area contributed by atoms with Gasteiger partial charge in [0.25, 0.3) is 5.91 Å². The molecule has 1 heterocycles. The Bertz CT molecular complexity index is 697.